The molecule has 2 amide bonds. The predicted octanol–water partition coefficient (Wildman–Crippen LogP) is 2.12. The molecule has 126 valence electrons. The molecular weight excluding hydrogens is 316 g/mol. The van der Waals surface area contributed by atoms with Crippen molar-refractivity contribution in [3.63, 3.8) is 0 Å². The van der Waals surface area contributed by atoms with Crippen LogP contribution in [-0.4, -0.2) is 29.9 Å². The number of piperazine rings is 1. The van der Waals surface area contributed by atoms with Crippen molar-refractivity contribution in [1.82, 2.24) is 10.2 Å². The molecule has 2 heterocycles. The molecule has 0 saturated carbocycles. The zero-order chi connectivity index (χ0) is 17.4. The van der Waals surface area contributed by atoms with Gasteiger partial charge < -0.3 is 15.0 Å². The van der Waals surface area contributed by atoms with E-state index in [-0.39, 0.29) is 11.8 Å². The minimum atomic E-state index is -0.435. The number of benzene rings is 2. The summed E-state index contributed by atoms with van der Waals surface area (Å²) in [5.74, 6) is 0.470. The van der Waals surface area contributed by atoms with Crippen LogP contribution in [0.4, 0.5) is 0 Å². The number of nitrogens with zero attached hydrogens (tertiary/aromatic N) is 1. The Morgan fingerprint density at radius 3 is 2.52 bits per heavy atom. The average Bonchev–Trinajstić information content (AvgIpc) is 2.65. The van der Waals surface area contributed by atoms with Crippen molar-refractivity contribution >= 4 is 17.9 Å². The van der Waals surface area contributed by atoms with Crippen LogP contribution in [0.1, 0.15) is 16.7 Å². The van der Waals surface area contributed by atoms with Crippen LogP contribution in [0.25, 0.3) is 6.08 Å². The van der Waals surface area contributed by atoms with Crippen molar-refractivity contribution in [2.24, 2.45) is 0 Å². The Balaban J connectivity index is 1.64. The van der Waals surface area contributed by atoms with Gasteiger partial charge in [-0.05, 0) is 34.9 Å². The molecule has 4 rings (SSSR count). The summed E-state index contributed by atoms with van der Waals surface area (Å²) in [4.78, 5) is 27.0. The van der Waals surface area contributed by atoms with Crippen molar-refractivity contribution in [1.29, 1.82) is 0 Å². The van der Waals surface area contributed by atoms with Crippen LogP contribution < -0.4 is 10.1 Å². The van der Waals surface area contributed by atoms with E-state index in [1.807, 2.05) is 48.5 Å². The lowest BCUT2D eigenvalue weighted by Gasteiger charge is -2.39. The van der Waals surface area contributed by atoms with Crippen molar-refractivity contribution in [2.45, 2.75) is 19.0 Å². The molecule has 0 spiro atoms. The second-order valence-electron chi connectivity index (χ2n) is 6.24. The first-order valence-electron chi connectivity index (χ1n) is 8.20. The second kappa shape index (κ2) is 6.09. The van der Waals surface area contributed by atoms with E-state index in [9.17, 15) is 9.59 Å². The number of carbonyl (C=O) groups is 2. The molecule has 2 aliphatic rings. The van der Waals surface area contributed by atoms with Crippen LogP contribution in [0, 0.1) is 0 Å². The van der Waals surface area contributed by atoms with E-state index < -0.39 is 6.04 Å². The van der Waals surface area contributed by atoms with E-state index in [4.69, 9.17) is 4.74 Å². The topological polar surface area (TPSA) is 58.6 Å². The zero-order valence-corrected chi connectivity index (χ0v) is 13.9. The van der Waals surface area contributed by atoms with Gasteiger partial charge in [-0.3, -0.25) is 9.59 Å². The van der Waals surface area contributed by atoms with Gasteiger partial charge in [0.2, 0.25) is 5.91 Å². The highest BCUT2D eigenvalue weighted by Crippen LogP contribution is 2.27. The summed E-state index contributed by atoms with van der Waals surface area (Å²) < 4.78 is 5.14. The summed E-state index contributed by atoms with van der Waals surface area (Å²) in [6.45, 7) is 0.465. The first kappa shape index (κ1) is 15.4. The molecule has 25 heavy (non-hydrogen) atoms. The first-order valence-corrected chi connectivity index (χ1v) is 8.20. The summed E-state index contributed by atoms with van der Waals surface area (Å²) >= 11 is 0. The lowest BCUT2D eigenvalue weighted by molar-refractivity contribution is -0.143. The molecule has 2 aromatic carbocycles. The zero-order valence-electron chi connectivity index (χ0n) is 13.9. The molecule has 1 saturated heterocycles. The number of methoxy groups -OCH3 is 1. The fourth-order valence-corrected chi connectivity index (χ4v) is 3.36. The van der Waals surface area contributed by atoms with Gasteiger partial charge in [0.1, 0.15) is 17.5 Å². The third-order valence-corrected chi connectivity index (χ3v) is 4.73. The molecule has 0 aliphatic carbocycles. The van der Waals surface area contributed by atoms with E-state index in [0.717, 1.165) is 22.4 Å². The van der Waals surface area contributed by atoms with Gasteiger partial charge >= 0.3 is 0 Å². The van der Waals surface area contributed by atoms with E-state index >= 15 is 0 Å². The molecule has 2 aliphatic heterocycles. The third kappa shape index (κ3) is 2.78. The number of hydrogen-bond donors (Lipinski definition) is 1. The molecule has 1 N–H and O–H groups in total. The number of fused-ring (bicyclic) bond motifs is 2. The standard InChI is InChI=1S/C20H18N2O3/c1-25-16-8-6-13(7-9-16)10-17-20(24)22-12-15-5-3-2-4-14(15)11-18(22)19(23)21-17/h2-10,18H,11-12H2,1H3,(H,21,23)/b17-10+/t18-/m0/s1. The summed E-state index contributed by atoms with van der Waals surface area (Å²) in [7, 11) is 1.60. The molecule has 0 aromatic heterocycles. The van der Waals surface area contributed by atoms with E-state index in [0.29, 0.717) is 18.7 Å². The number of ether oxygens (including phenoxy) is 1. The molecule has 1 atom stereocenters. The quantitative estimate of drug-likeness (QED) is 0.856. The van der Waals surface area contributed by atoms with Crippen LogP contribution in [0.15, 0.2) is 54.2 Å². The highest BCUT2D eigenvalue weighted by Gasteiger charge is 2.40. The maximum atomic E-state index is 12.9. The maximum absolute atomic E-state index is 12.9. The molecule has 5 heteroatoms. The van der Waals surface area contributed by atoms with Crippen LogP contribution in [0.3, 0.4) is 0 Å². The van der Waals surface area contributed by atoms with Gasteiger partial charge in [0.25, 0.3) is 5.91 Å². The molecule has 2 aromatic rings. The van der Waals surface area contributed by atoms with Gasteiger partial charge in [0.15, 0.2) is 0 Å². The van der Waals surface area contributed by atoms with E-state index in [2.05, 4.69) is 5.32 Å². The van der Waals surface area contributed by atoms with Gasteiger partial charge in [-0.2, -0.15) is 0 Å². The first-order chi connectivity index (χ1) is 12.2. The van der Waals surface area contributed by atoms with Gasteiger partial charge in [-0.15, -0.1) is 0 Å². The lowest BCUT2D eigenvalue weighted by atomic mass is 9.91. The Kier molecular flexibility index (Phi) is 3.76. The molecule has 0 bridgehead atoms. The summed E-state index contributed by atoms with van der Waals surface area (Å²) in [5, 5.41) is 2.77. The highest BCUT2D eigenvalue weighted by molar-refractivity contribution is 6.07. The fraction of sp³-hybridized carbons (Fsp3) is 0.200. The van der Waals surface area contributed by atoms with Crippen LogP contribution >= 0.6 is 0 Å². The summed E-state index contributed by atoms with van der Waals surface area (Å²) in [6.07, 6.45) is 2.26. The van der Waals surface area contributed by atoms with E-state index in [1.165, 1.54) is 0 Å². The molecule has 0 unspecified atom stereocenters. The Morgan fingerprint density at radius 2 is 1.80 bits per heavy atom. The number of carbonyl (C=O) groups excluding carboxylic acids is 2. The smallest absolute Gasteiger partial charge is 0.271 e. The number of hydrogen-bond acceptors (Lipinski definition) is 3. The second-order valence-corrected chi connectivity index (χ2v) is 6.24. The Morgan fingerprint density at radius 1 is 1.08 bits per heavy atom. The molecule has 1 fully saturated rings. The van der Waals surface area contributed by atoms with Crippen LogP contribution in [-0.2, 0) is 22.6 Å². The lowest BCUT2D eigenvalue weighted by Crippen LogP contribution is -2.58. The minimum Gasteiger partial charge on any atom is -0.497 e. The monoisotopic (exact) mass is 334 g/mol. The largest absolute Gasteiger partial charge is 0.497 e. The summed E-state index contributed by atoms with van der Waals surface area (Å²) in [5.41, 5.74) is 3.38. The SMILES string of the molecule is COc1ccc(/C=C2/NC(=O)[C@@H]3Cc4ccccc4CN3C2=O)cc1. The normalized spacial score (nSPS) is 20.8. The highest BCUT2D eigenvalue weighted by atomic mass is 16.5. The van der Waals surface area contributed by atoms with Gasteiger partial charge in [-0.1, -0.05) is 36.4 Å². The summed E-state index contributed by atoms with van der Waals surface area (Å²) in [6, 6.07) is 14.9. The number of rotatable bonds is 2. The van der Waals surface area contributed by atoms with E-state index in [1.54, 1.807) is 18.1 Å². The third-order valence-electron chi connectivity index (χ3n) is 4.73. The van der Waals surface area contributed by atoms with Crippen molar-refractivity contribution < 1.29 is 14.3 Å². The fourth-order valence-electron chi connectivity index (χ4n) is 3.36. The average molecular weight is 334 g/mol. The predicted molar refractivity (Wildman–Crippen MR) is 93.6 cm³/mol. The van der Waals surface area contributed by atoms with Crippen LogP contribution in [0.5, 0.6) is 5.75 Å². The number of amides is 2. The van der Waals surface area contributed by atoms with Crippen molar-refractivity contribution in [3.8, 4) is 5.75 Å². The van der Waals surface area contributed by atoms with Crippen molar-refractivity contribution in [3.05, 3.63) is 70.9 Å². The van der Waals surface area contributed by atoms with Gasteiger partial charge in [-0.25, -0.2) is 0 Å². The maximum Gasteiger partial charge on any atom is 0.271 e. The van der Waals surface area contributed by atoms with Gasteiger partial charge in [0, 0.05) is 13.0 Å². The Labute approximate surface area is 145 Å². The number of nitrogens with one attached hydrogen (secondary N) is 1. The molecule has 0 radical (unpaired) electrons. The minimum absolute atomic E-state index is 0.131. The van der Waals surface area contributed by atoms with Crippen molar-refractivity contribution in [2.75, 3.05) is 7.11 Å². The Hall–Kier alpha value is -3.08. The van der Waals surface area contributed by atoms with Gasteiger partial charge in [0.05, 0.1) is 7.11 Å². The van der Waals surface area contributed by atoms with Crippen LogP contribution in [0.2, 0.25) is 0 Å². The molecule has 5 nitrogen and oxygen atoms in total. The molecular formula is C20H18N2O3. The Bertz CT molecular complexity index is 871.